The number of benzene rings is 1. The first kappa shape index (κ1) is 17.4. The maximum atomic E-state index is 5.18. The van der Waals surface area contributed by atoms with Crippen molar-refractivity contribution in [3.63, 3.8) is 0 Å². The van der Waals surface area contributed by atoms with Gasteiger partial charge in [-0.1, -0.05) is 38.1 Å². The van der Waals surface area contributed by atoms with E-state index in [1.807, 2.05) is 19.1 Å². The zero-order valence-corrected chi connectivity index (χ0v) is 14.3. The fourth-order valence-electron chi connectivity index (χ4n) is 1.50. The van der Waals surface area contributed by atoms with E-state index < -0.39 is 0 Å². The number of thiocarbonyl (C=S) groups is 2. The van der Waals surface area contributed by atoms with Crippen molar-refractivity contribution in [2.45, 2.75) is 26.7 Å². The van der Waals surface area contributed by atoms with Crippen LogP contribution < -0.4 is 21.5 Å². The van der Waals surface area contributed by atoms with Crippen LogP contribution in [0.4, 0.5) is 5.69 Å². The zero-order chi connectivity index (χ0) is 15.8. The molecule has 1 rings (SSSR count). The van der Waals surface area contributed by atoms with Crippen LogP contribution in [-0.4, -0.2) is 16.8 Å². The maximum Gasteiger partial charge on any atom is 0.189 e. The fraction of sp³-hybridized carbons (Fsp3) is 0.333. The van der Waals surface area contributed by atoms with Crippen LogP contribution in [0.25, 0.3) is 0 Å². The zero-order valence-electron chi connectivity index (χ0n) is 12.6. The summed E-state index contributed by atoms with van der Waals surface area (Å²) in [6.45, 7) is 10.7. The second-order valence-electron chi connectivity index (χ2n) is 5.12. The number of hydrazine groups is 1. The minimum absolute atomic E-state index is 0.451. The molecule has 1 aromatic carbocycles. The van der Waals surface area contributed by atoms with Crippen LogP contribution in [-0.2, 0) is 0 Å². The highest BCUT2D eigenvalue weighted by atomic mass is 32.1. The van der Waals surface area contributed by atoms with Crippen molar-refractivity contribution in [3.05, 3.63) is 42.0 Å². The summed E-state index contributed by atoms with van der Waals surface area (Å²) in [5.41, 5.74) is 8.87. The van der Waals surface area contributed by atoms with Gasteiger partial charge in [-0.25, -0.2) is 0 Å². The molecule has 0 aliphatic carbocycles. The van der Waals surface area contributed by atoms with Crippen molar-refractivity contribution in [2.24, 2.45) is 0 Å². The van der Waals surface area contributed by atoms with Gasteiger partial charge >= 0.3 is 0 Å². The maximum absolute atomic E-state index is 5.18. The van der Waals surface area contributed by atoms with Gasteiger partial charge in [-0.15, -0.1) is 0 Å². The molecule has 4 nitrogen and oxygen atoms in total. The van der Waals surface area contributed by atoms with E-state index in [1.165, 1.54) is 5.56 Å². The molecule has 0 saturated heterocycles. The Morgan fingerprint density at radius 1 is 1.10 bits per heavy atom. The van der Waals surface area contributed by atoms with Gasteiger partial charge in [-0.05, 0) is 55.0 Å². The van der Waals surface area contributed by atoms with Gasteiger partial charge in [0, 0.05) is 12.2 Å². The second kappa shape index (κ2) is 8.59. The summed E-state index contributed by atoms with van der Waals surface area (Å²) in [5.74, 6) is 0.516. The minimum atomic E-state index is 0.451. The lowest BCUT2D eigenvalue weighted by Crippen LogP contribution is -2.48. The Balaban J connectivity index is 2.36. The third kappa shape index (κ3) is 7.06. The predicted octanol–water partition coefficient (Wildman–Crippen LogP) is 3.05. The van der Waals surface area contributed by atoms with E-state index in [4.69, 9.17) is 24.4 Å². The third-order valence-electron chi connectivity index (χ3n) is 2.68. The van der Waals surface area contributed by atoms with Gasteiger partial charge < -0.3 is 10.6 Å². The van der Waals surface area contributed by atoms with Crippen LogP contribution in [0.5, 0.6) is 0 Å². The van der Waals surface area contributed by atoms with Gasteiger partial charge in [-0.2, -0.15) is 0 Å². The fourth-order valence-corrected chi connectivity index (χ4v) is 1.79. The third-order valence-corrected chi connectivity index (χ3v) is 3.13. The van der Waals surface area contributed by atoms with Crippen molar-refractivity contribution in [1.29, 1.82) is 0 Å². The van der Waals surface area contributed by atoms with Crippen LogP contribution in [0.15, 0.2) is 36.4 Å². The molecule has 4 N–H and O–H groups in total. The lowest BCUT2D eigenvalue weighted by atomic mass is 10.0. The van der Waals surface area contributed by atoms with Crippen molar-refractivity contribution in [2.75, 3.05) is 11.9 Å². The molecule has 0 bridgehead atoms. The number of nitrogens with one attached hydrogen (secondary N) is 4. The Morgan fingerprint density at radius 3 is 2.19 bits per heavy atom. The van der Waals surface area contributed by atoms with Crippen LogP contribution in [0.1, 0.15) is 32.3 Å². The predicted molar refractivity (Wildman–Crippen MR) is 98.4 cm³/mol. The first-order chi connectivity index (χ1) is 9.88. The molecule has 114 valence electrons. The summed E-state index contributed by atoms with van der Waals surface area (Å²) < 4.78 is 0. The molecule has 0 radical (unpaired) electrons. The summed E-state index contributed by atoms with van der Waals surface area (Å²) in [6, 6.07) is 8.17. The molecule has 0 heterocycles. The SMILES string of the molecule is C=C(C)CNC(=S)NNC(=S)Nc1ccc(C(C)C)cc1. The van der Waals surface area contributed by atoms with E-state index in [0.29, 0.717) is 22.7 Å². The molecule has 0 spiro atoms. The average molecular weight is 323 g/mol. The van der Waals surface area contributed by atoms with Crippen LogP contribution >= 0.6 is 24.4 Å². The average Bonchev–Trinajstić information content (AvgIpc) is 2.43. The largest absolute Gasteiger partial charge is 0.358 e. The van der Waals surface area contributed by atoms with Gasteiger partial charge in [0.15, 0.2) is 10.2 Å². The standard InChI is InChI=1S/C15H22N4S2/c1-10(2)9-16-14(20)18-19-15(21)17-13-7-5-12(6-8-13)11(3)4/h5-8,11H,1,9H2,2-4H3,(H2,16,18,20)(H2,17,19,21). The lowest BCUT2D eigenvalue weighted by Gasteiger charge is -2.14. The molecule has 6 heteroatoms. The van der Waals surface area contributed by atoms with Crippen LogP contribution in [0.2, 0.25) is 0 Å². The molecule has 0 fully saturated rings. The molecule has 0 unspecified atom stereocenters. The lowest BCUT2D eigenvalue weighted by molar-refractivity contribution is 0.831. The van der Waals surface area contributed by atoms with Gasteiger partial charge in [0.25, 0.3) is 0 Å². The molecule has 21 heavy (non-hydrogen) atoms. The van der Waals surface area contributed by atoms with Crippen LogP contribution in [0, 0.1) is 0 Å². The highest BCUT2D eigenvalue weighted by Gasteiger charge is 2.01. The summed E-state index contributed by atoms with van der Waals surface area (Å²) in [6.07, 6.45) is 0. The molecule has 0 aromatic heterocycles. The number of hydrogen-bond acceptors (Lipinski definition) is 2. The highest BCUT2D eigenvalue weighted by molar-refractivity contribution is 7.80. The number of anilines is 1. The van der Waals surface area contributed by atoms with Gasteiger partial charge in [0.05, 0.1) is 0 Å². The Hall–Kier alpha value is -1.66. The Morgan fingerprint density at radius 2 is 1.67 bits per heavy atom. The number of rotatable bonds is 4. The van der Waals surface area contributed by atoms with E-state index in [9.17, 15) is 0 Å². The van der Waals surface area contributed by atoms with E-state index in [2.05, 4.69) is 54.0 Å². The molecule has 1 aromatic rings. The molecule has 0 aliphatic rings. The molecule has 0 amide bonds. The van der Waals surface area contributed by atoms with E-state index >= 15 is 0 Å². The summed E-state index contributed by atoms with van der Waals surface area (Å²) in [7, 11) is 0. The van der Waals surface area contributed by atoms with Gasteiger partial charge in [0.1, 0.15) is 0 Å². The number of hydrogen-bond donors (Lipinski definition) is 4. The smallest absolute Gasteiger partial charge is 0.189 e. The monoisotopic (exact) mass is 322 g/mol. The molecular weight excluding hydrogens is 300 g/mol. The molecule has 0 saturated carbocycles. The summed E-state index contributed by atoms with van der Waals surface area (Å²) >= 11 is 10.3. The summed E-state index contributed by atoms with van der Waals surface area (Å²) in [4.78, 5) is 0. The van der Waals surface area contributed by atoms with Gasteiger partial charge in [-0.3, -0.25) is 10.9 Å². The van der Waals surface area contributed by atoms with E-state index in [0.717, 1.165) is 11.3 Å². The quantitative estimate of drug-likeness (QED) is 0.388. The highest BCUT2D eigenvalue weighted by Crippen LogP contribution is 2.16. The van der Waals surface area contributed by atoms with E-state index in [1.54, 1.807) is 0 Å². The molecular formula is C15H22N4S2. The Bertz CT molecular complexity index is 509. The van der Waals surface area contributed by atoms with Crippen molar-refractivity contribution >= 4 is 40.3 Å². The topological polar surface area (TPSA) is 48.1 Å². The first-order valence-corrected chi connectivity index (χ1v) is 7.55. The van der Waals surface area contributed by atoms with Crippen molar-refractivity contribution in [1.82, 2.24) is 16.2 Å². The minimum Gasteiger partial charge on any atom is -0.358 e. The molecule has 0 aliphatic heterocycles. The first-order valence-electron chi connectivity index (χ1n) is 6.73. The Kier molecular flexibility index (Phi) is 7.11. The molecule has 0 atom stereocenters. The normalized spacial score (nSPS) is 9.90. The Labute approximate surface area is 137 Å². The summed E-state index contributed by atoms with van der Waals surface area (Å²) in [5, 5.41) is 6.99. The van der Waals surface area contributed by atoms with E-state index in [-0.39, 0.29) is 0 Å². The van der Waals surface area contributed by atoms with Crippen molar-refractivity contribution < 1.29 is 0 Å². The second-order valence-corrected chi connectivity index (χ2v) is 5.94. The van der Waals surface area contributed by atoms with Crippen LogP contribution in [0.3, 0.4) is 0 Å². The van der Waals surface area contributed by atoms with Crippen molar-refractivity contribution in [3.8, 4) is 0 Å². The van der Waals surface area contributed by atoms with Gasteiger partial charge in [0.2, 0.25) is 0 Å².